The summed E-state index contributed by atoms with van der Waals surface area (Å²) in [5.74, 6) is 1.00. The van der Waals surface area contributed by atoms with E-state index in [1.54, 1.807) is 11.8 Å². The predicted molar refractivity (Wildman–Crippen MR) is 119 cm³/mol. The first kappa shape index (κ1) is 22.4. The predicted octanol–water partition coefficient (Wildman–Crippen LogP) is 6.54. The fraction of sp³-hybridized carbons (Fsp3) is 0.739. The third-order valence-electron chi connectivity index (χ3n) is 5.27. The van der Waals surface area contributed by atoms with Crippen molar-refractivity contribution in [1.82, 2.24) is 0 Å². The first-order valence-electron chi connectivity index (χ1n) is 11.0. The second-order valence-electron chi connectivity index (χ2n) is 7.46. The zero-order chi connectivity index (χ0) is 19.2. The van der Waals surface area contributed by atoms with Crippen LogP contribution in [0.5, 0.6) is 5.75 Å². The van der Waals surface area contributed by atoms with Crippen LogP contribution < -0.4 is 9.64 Å². The van der Waals surface area contributed by atoms with E-state index >= 15 is 0 Å². The molecule has 1 saturated heterocycles. The summed E-state index contributed by atoms with van der Waals surface area (Å²) in [5.41, 5.74) is 1.30. The molecule has 3 nitrogen and oxygen atoms in total. The van der Waals surface area contributed by atoms with E-state index in [2.05, 4.69) is 36.3 Å². The number of anilines is 1. The molecular weight excluding hydrogens is 354 g/mol. The Hall–Kier alpha value is -0.870. The third kappa shape index (κ3) is 8.78. The smallest absolute Gasteiger partial charge is 0.121 e. The second-order valence-corrected chi connectivity index (χ2v) is 8.31. The number of unbranched alkanes of at least 4 members (excludes halogenated alkanes) is 9. The highest BCUT2D eigenvalue weighted by molar-refractivity contribution is 7.98. The number of ether oxygens (including phenoxy) is 2. The molecule has 4 heteroatoms. The van der Waals surface area contributed by atoms with Crippen LogP contribution in [0.2, 0.25) is 0 Å². The van der Waals surface area contributed by atoms with Crippen molar-refractivity contribution in [2.75, 3.05) is 44.1 Å². The van der Waals surface area contributed by atoms with Gasteiger partial charge in [0.25, 0.3) is 0 Å². The summed E-state index contributed by atoms with van der Waals surface area (Å²) in [7, 11) is 0. The average molecular weight is 394 g/mol. The lowest BCUT2D eigenvalue weighted by molar-refractivity contribution is 0.122. The van der Waals surface area contributed by atoms with Crippen molar-refractivity contribution < 1.29 is 9.47 Å². The van der Waals surface area contributed by atoms with Gasteiger partial charge < -0.3 is 14.4 Å². The van der Waals surface area contributed by atoms with Gasteiger partial charge in [0.05, 0.1) is 25.5 Å². The number of nitrogens with zero attached hydrogens (tertiary/aromatic N) is 1. The summed E-state index contributed by atoms with van der Waals surface area (Å²) in [6.07, 6.45) is 15.7. The van der Waals surface area contributed by atoms with E-state index < -0.39 is 0 Å². The number of benzene rings is 1. The molecule has 154 valence electrons. The van der Waals surface area contributed by atoms with Crippen LogP contribution >= 0.6 is 11.8 Å². The molecule has 0 aliphatic carbocycles. The van der Waals surface area contributed by atoms with Gasteiger partial charge in [-0.25, -0.2) is 0 Å². The van der Waals surface area contributed by atoms with Crippen LogP contribution in [0, 0.1) is 0 Å². The van der Waals surface area contributed by atoms with Gasteiger partial charge in [0, 0.05) is 24.1 Å². The van der Waals surface area contributed by atoms with Gasteiger partial charge in [-0.3, -0.25) is 0 Å². The first-order valence-corrected chi connectivity index (χ1v) is 12.2. The molecule has 1 heterocycles. The van der Waals surface area contributed by atoms with Crippen molar-refractivity contribution in [3.8, 4) is 5.75 Å². The molecule has 1 aliphatic rings. The van der Waals surface area contributed by atoms with E-state index in [1.165, 1.54) is 68.4 Å². The maximum absolute atomic E-state index is 6.04. The molecule has 1 aliphatic heterocycles. The molecule has 0 amide bonds. The SMILES string of the molecule is CCCCCCCCCCCCOc1ccc(SC)c(N2CCOCC2)c1. The van der Waals surface area contributed by atoms with E-state index in [-0.39, 0.29) is 0 Å². The molecule has 2 rings (SSSR count). The monoisotopic (exact) mass is 393 g/mol. The van der Waals surface area contributed by atoms with Gasteiger partial charge in [-0.15, -0.1) is 11.8 Å². The highest BCUT2D eigenvalue weighted by atomic mass is 32.2. The lowest BCUT2D eigenvalue weighted by atomic mass is 10.1. The van der Waals surface area contributed by atoms with Gasteiger partial charge in [0.1, 0.15) is 5.75 Å². The molecule has 0 N–H and O–H groups in total. The minimum Gasteiger partial charge on any atom is -0.494 e. The molecule has 1 aromatic rings. The van der Waals surface area contributed by atoms with Crippen LogP contribution in [0.25, 0.3) is 0 Å². The minimum absolute atomic E-state index is 0.817. The van der Waals surface area contributed by atoms with E-state index in [0.29, 0.717) is 0 Å². The lowest BCUT2D eigenvalue weighted by Crippen LogP contribution is -2.36. The Bertz CT molecular complexity index is 503. The molecule has 0 saturated carbocycles. The number of rotatable bonds is 14. The van der Waals surface area contributed by atoms with Gasteiger partial charge in [0.15, 0.2) is 0 Å². The molecule has 0 radical (unpaired) electrons. The molecule has 0 spiro atoms. The van der Waals surface area contributed by atoms with Crippen molar-refractivity contribution >= 4 is 17.4 Å². The molecular formula is C23H39NO2S. The average Bonchev–Trinajstić information content (AvgIpc) is 2.72. The fourth-order valence-electron chi connectivity index (χ4n) is 3.59. The van der Waals surface area contributed by atoms with Crippen LogP contribution in [0.1, 0.15) is 71.1 Å². The summed E-state index contributed by atoms with van der Waals surface area (Å²) < 4.78 is 11.5. The Morgan fingerprint density at radius 3 is 2.19 bits per heavy atom. The summed E-state index contributed by atoms with van der Waals surface area (Å²) in [6, 6.07) is 6.53. The molecule has 1 aromatic carbocycles. The molecule has 27 heavy (non-hydrogen) atoms. The number of hydrogen-bond donors (Lipinski definition) is 0. The molecule has 0 aromatic heterocycles. The topological polar surface area (TPSA) is 21.7 Å². The minimum atomic E-state index is 0.817. The van der Waals surface area contributed by atoms with Gasteiger partial charge in [-0.05, 0) is 24.8 Å². The van der Waals surface area contributed by atoms with Crippen LogP contribution in [0.15, 0.2) is 23.1 Å². The normalized spacial score (nSPS) is 14.5. The highest BCUT2D eigenvalue weighted by Gasteiger charge is 2.15. The first-order chi connectivity index (χ1) is 13.3. The quantitative estimate of drug-likeness (QED) is 0.264. The van der Waals surface area contributed by atoms with Crippen LogP contribution in [-0.4, -0.2) is 39.2 Å². The Morgan fingerprint density at radius 1 is 0.926 bits per heavy atom. The maximum Gasteiger partial charge on any atom is 0.121 e. The molecule has 0 atom stereocenters. The van der Waals surface area contributed by atoms with E-state index in [1.807, 2.05) is 0 Å². The maximum atomic E-state index is 6.04. The largest absolute Gasteiger partial charge is 0.494 e. The Kier molecular flexibility index (Phi) is 11.8. The molecule has 1 fully saturated rings. The number of thioether (sulfide) groups is 1. The second kappa shape index (κ2) is 14.2. The van der Waals surface area contributed by atoms with Gasteiger partial charge in [-0.1, -0.05) is 64.7 Å². The zero-order valence-corrected chi connectivity index (χ0v) is 18.3. The van der Waals surface area contributed by atoms with E-state index in [4.69, 9.17) is 9.47 Å². The molecule has 0 bridgehead atoms. The van der Waals surface area contributed by atoms with Gasteiger partial charge >= 0.3 is 0 Å². The highest BCUT2D eigenvalue weighted by Crippen LogP contribution is 2.33. The van der Waals surface area contributed by atoms with E-state index in [9.17, 15) is 0 Å². The van der Waals surface area contributed by atoms with Crippen LogP contribution in [0.4, 0.5) is 5.69 Å². The number of hydrogen-bond acceptors (Lipinski definition) is 4. The van der Waals surface area contributed by atoms with Gasteiger partial charge in [-0.2, -0.15) is 0 Å². The zero-order valence-electron chi connectivity index (χ0n) is 17.5. The van der Waals surface area contributed by atoms with Crippen molar-refractivity contribution in [1.29, 1.82) is 0 Å². The van der Waals surface area contributed by atoms with Crippen molar-refractivity contribution in [2.24, 2.45) is 0 Å². The fourth-order valence-corrected chi connectivity index (χ4v) is 4.19. The van der Waals surface area contributed by atoms with Crippen LogP contribution in [-0.2, 0) is 4.74 Å². The summed E-state index contributed by atoms with van der Waals surface area (Å²) in [4.78, 5) is 3.74. The van der Waals surface area contributed by atoms with E-state index in [0.717, 1.165) is 45.1 Å². The summed E-state index contributed by atoms with van der Waals surface area (Å²) in [6.45, 7) is 6.68. The standard InChI is InChI=1S/C23H39NO2S/c1-3-4-5-6-7-8-9-10-11-12-17-26-21-13-14-23(27-2)22(20-21)24-15-18-25-19-16-24/h13-14,20H,3-12,15-19H2,1-2H3. The molecule has 0 unspecified atom stereocenters. The Balaban J connectivity index is 1.61. The Morgan fingerprint density at radius 2 is 1.56 bits per heavy atom. The van der Waals surface area contributed by atoms with Crippen molar-refractivity contribution in [3.63, 3.8) is 0 Å². The lowest BCUT2D eigenvalue weighted by Gasteiger charge is -2.30. The Labute approximate surface area is 171 Å². The van der Waals surface area contributed by atoms with Crippen molar-refractivity contribution in [2.45, 2.75) is 76.0 Å². The van der Waals surface area contributed by atoms with Gasteiger partial charge in [0.2, 0.25) is 0 Å². The summed E-state index contributed by atoms with van der Waals surface area (Å²) in [5, 5.41) is 0. The van der Waals surface area contributed by atoms with Crippen molar-refractivity contribution in [3.05, 3.63) is 18.2 Å². The number of morpholine rings is 1. The summed E-state index contributed by atoms with van der Waals surface area (Å²) >= 11 is 1.81. The van der Waals surface area contributed by atoms with Crippen LogP contribution in [0.3, 0.4) is 0 Å². The third-order valence-corrected chi connectivity index (χ3v) is 6.05.